The minimum Gasteiger partial charge on any atom is -0.300 e. The maximum atomic E-state index is 3.61. The van der Waals surface area contributed by atoms with Crippen molar-refractivity contribution in [3.8, 4) is 11.1 Å². The normalized spacial score (nSPS) is 22.5. The van der Waals surface area contributed by atoms with Crippen LogP contribution in [0.5, 0.6) is 0 Å². The number of fused-ring (bicyclic) bond motifs is 7. The van der Waals surface area contributed by atoms with Gasteiger partial charge in [-0.1, -0.05) is 48.5 Å². The zero-order valence-electron chi connectivity index (χ0n) is 10.4. The predicted molar refractivity (Wildman–Crippen MR) is 78.0 cm³/mol. The van der Waals surface area contributed by atoms with E-state index in [1.807, 2.05) is 0 Å². The fourth-order valence-corrected chi connectivity index (χ4v) is 3.44. The van der Waals surface area contributed by atoms with Gasteiger partial charge in [-0.3, -0.25) is 5.32 Å². The number of hydrogen-bond donors (Lipinski definition) is 1. The number of hydrogen-bond acceptors (Lipinski definition) is 1. The molecule has 5 rings (SSSR count). The van der Waals surface area contributed by atoms with Crippen LogP contribution in [-0.2, 0) is 0 Å². The number of benzene rings is 3. The molecular weight excluding hydrogens is 230 g/mol. The van der Waals surface area contributed by atoms with E-state index >= 15 is 0 Å². The highest BCUT2D eigenvalue weighted by Crippen LogP contribution is 2.53. The fourth-order valence-electron chi connectivity index (χ4n) is 3.44. The third-order valence-electron chi connectivity index (χ3n) is 4.42. The molecular formula is C18H13N. The largest absolute Gasteiger partial charge is 0.300 e. The molecule has 1 heteroatoms. The van der Waals surface area contributed by atoms with E-state index in [1.165, 1.54) is 33.0 Å². The Balaban J connectivity index is 1.90. The maximum Gasteiger partial charge on any atom is 0.0530 e. The summed E-state index contributed by atoms with van der Waals surface area (Å²) in [5, 5.41) is 6.28. The van der Waals surface area contributed by atoms with Crippen LogP contribution in [0, 0.1) is 0 Å². The highest BCUT2D eigenvalue weighted by atomic mass is 15.2. The first-order valence-corrected chi connectivity index (χ1v) is 6.80. The zero-order chi connectivity index (χ0) is 12.4. The standard InChI is InChI=1S/C18H13N/c1-2-6-12-10-16-15(9-11(12)5-1)13-7-3-4-8-14(13)17-18(16)19-17/h1-10,17-19H/t17-,18+/m0/s1. The first-order chi connectivity index (χ1) is 9.42. The Kier molecular flexibility index (Phi) is 1.67. The third kappa shape index (κ3) is 1.23. The van der Waals surface area contributed by atoms with Crippen LogP contribution in [-0.4, -0.2) is 0 Å². The molecule has 0 saturated carbocycles. The van der Waals surface area contributed by atoms with E-state index in [0.717, 1.165) is 0 Å². The molecule has 0 unspecified atom stereocenters. The summed E-state index contributed by atoms with van der Waals surface area (Å²) in [6.07, 6.45) is 0. The van der Waals surface area contributed by atoms with Gasteiger partial charge in [0.05, 0.1) is 12.1 Å². The van der Waals surface area contributed by atoms with Gasteiger partial charge < -0.3 is 0 Å². The average molecular weight is 243 g/mol. The Morgan fingerprint density at radius 2 is 1.32 bits per heavy atom. The Morgan fingerprint density at radius 3 is 2.21 bits per heavy atom. The van der Waals surface area contributed by atoms with Crippen molar-refractivity contribution in [2.45, 2.75) is 12.1 Å². The summed E-state index contributed by atoms with van der Waals surface area (Å²) in [6, 6.07) is 23.2. The second kappa shape index (κ2) is 3.25. The summed E-state index contributed by atoms with van der Waals surface area (Å²) < 4.78 is 0. The molecule has 1 saturated heterocycles. The van der Waals surface area contributed by atoms with Crippen LogP contribution in [0.2, 0.25) is 0 Å². The molecule has 0 spiro atoms. The molecule has 1 aliphatic carbocycles. The molecule has 3 aromatic rings. The van der Waals surface area contributed by atoms with E-state index in [1.54, 1.807) is 0 Å². The highest BCUT2D eigenvalue weighted by molar-refractivity contribution is 5.91. The molecule has 1 aliphatic heterocycles. The third-order valence-corrected chi connectivity index (χ3v) is 4.42. The van der Waals surface area contributed by atoms with E-state index < -0.39 is 0 Å². The van der Waals surface area contributed by atoms with Crippen molar-refractivity contribution in [1.82, 2.24) is 5.32 Å². The van der Waals surface area contributed by atoms with Crippen molar-refractivity contribution < 1.29 is 0 Å². The second-order valence-corrected chi connectivity index (χ2v) is 5.50. The first-order valence-electron chi connectivity index (χ1n) is 6.80. The summed E-state index contributed by atoms with van der Waals surface area (Å²) in [4.78, 5) is 0. The molecule has 19 heavy (non-hydrogen) atoms. The van der Waals surface area contributed by atoms with E-state index in [4.69, 9.17) is 0 Å². The van der Waals surface area contributed by atoms with Gasteiger partial charge in [0, 0.05) is 0 Å². The Bertz CT molecular complexity index is 819. The maximum absolute atomic E-state index is 3.61. The lowest BCUT2D eigenvalue weighted by Gasteiger charge is -2.18. The topological polar surface area (TPSA) is 21.9 Å². The zero-order valence-corrected chi connectivity index (χ0v) is 10.4. The average Bonchev–Trinajstić information content (AvgIpc) is 3.27. The van der Waals surface area contributed by atoms with Crippen molar-refractivity contribution in [1.29, 1.82) is 0 Å². The summed E-state index contributed by atoms with van der Waals surface area (Å²) in [5.74, 6) is 0. The Labute approximate surface area is 111 Å². The summed E-state index contributed by atoms with van der Waals surface area (Å²) >= 11 is 0. The smallest absolute Gasteiger partial charge is 0.0530 e. The van der Waals surface area contributed by atoms with Crippen LogP contribution in [0.1, 0.15) is 23.2 Å². The van der Waals surface area contributed by atoms with Gasteiger partial charge in [-0.15, -0.1) is 0 Å². The molecule has 3 aromatic carbocycles. The van der Waals surface area contributed by atoms with Crippen molar-refractivity contribution in [2.24, 2.45) is 0 Å². The van der Waals surface area contributed by atoms with E-state index in [0.29, 0.717) is 12.1 Å². The molecule has 0 bridgehead atoms. The van der Waals surface area contributed by atoms with Gasteiger partial charge in [-0.05, 0) is 45.2 Å². The van der Waals surface area contributed by atoms with Gasteiger partial charge >= 0.3 is 0 Å². The van der Waals surface area contributed by atoms with Gasteiger partial charge in [0.1, 0.15) is 0 Å². The van der Waals surface area contributed by atoms with Crippen LogP contribution in [0.4, 0.5) is 0 Å². The lowest BCUT2D eigenvalue weighted by molar-refractivity contribution is 1.01. The monoisotopic (exact) mass is 243 g/mol. The first kappa shape index (κ1) is 9.76. The quantitative estimate of drug-likeness (QED) is 0.587. The number of rotatable bonds is 0. The van der Waals surface area contributed by atoms with Gasteiger partial charge in [-0.25, -0.2) is 0 Å². The molecule has 0 aromatic heterocycles. The SMILES string of the molecule is c1ccc2c(c1)-c1cc3ccccc3cc1[C@H]1N[C@@H]21. The molecule has 0 amide bonds. The van der Waals surface area contributed by atoms with Gasteiger partial charge in [0.2, 0.25) is 0 Å². The van der Waals surface area contributed by atoms with Crippen LogP contribution in [0.25, 0.3) is 21.9 Å². The van der Waals surface area contributed by atoms with Crippen LogP contribution >= 0.6 is 0 Å². The highest BCUT2D eigenvalue weighted by Gasteiger charge is 2.44. The molecule has 1 N–H and O–H groups in total. The second-order valence-electron chi connectivity index (χ2n) is 5.50. The van der Waals surface area contributed by atoms with Gasteiger partial charge in [0.25, 0.3) is 0 Å². The van der Waals surface area contributed by atoms with Gasteiger partial charge in [0.15, 0.2) is 0 Å². The van der Waals surface area contributed by atoms with E-state index in [9.17, 15) is 0 Å². The fraction of sp³-hybridized carbons (Fsp3) is 0.111. The molecule has 1 fully saturated rings. The summed E-state index contributed by atoms with van der Waals surface area (Å²) in [6.45, 7) is 0. The molecule has 2 atom stereocenters. The predicted octanol–water partition coefficient (Wildman–Crippen LogP) is 4.21. The van der Waals surface area contributed by atoms with Crippen molar-refractivity contribution in [3.05, 3.63) is 71.8 Å². The van der Waals surface area contributed by atoms with Crippen LogP contribution in [0.15, 0.2) is 60.7 Å². The van der Waals surface area contributed by atoms with E-state index in [-0.39, 0.29) is 0 Å². The van der Waals surface area contributed by atoms with Crippen molar-refractivity contribution in [2.75, 3.05) is 0 Å². The lowest BCUT2D eigenvalue weighted by Crippen LogP contribution is -1.99. The van der Waals surface area contributed by atoms with E-state index in [2.05, 4.69) is 66.0 Å². The molecule has 2 aliphatic rings. The summed E-state index contributed by atoms with van der Waals surface area (Å²) in [7, 11) is 0. The van der Waals surface area contributed by atoms with Crippen molar-refractivity contribution in [3.63, 3.8) is 0 Å². The van der Waals surface area contributed by atoms with Gasteiger partial charge in [-0.2, -0.15) is 0 Å². The lowest BCUT2D eigenvalue weighted by atomic mass is 9.84. The molecule has 0 radical (unpaired) electrons. The minimum atomic E-state index is 0.523. The Morgan fingerprint density at radius 1 is 0.632 bits per heavy atom. The molecule has 1 nitrogen and oxygen atoms in total. The minimum absolute atomic E-state index is 0.523. The Hall–Kier alpha value is -2.12. The molecule has 90 valence electrons. The van der Waals surface area contributed by atoms with Crippen molar-refractivity contribution >= 4 is 10.8 Å². The van der Waals surface area contributed by atoms with Crippen LogP contribution < -0.4 is 5.32 Å². The molecule has 1 heterocycles. The summed E-state index contributed by atoms with van der Waals surface area (Å²) in [5.41, 5.74) is 5.72. The van der Waals surface area contributed by atoms with Crippen LogP contribution in [0.3, 0.4) is 0 Å². The number of nitrogens with one attached hydrogen (secondary N) is 1.